The summed E-state index contributed by atoms with van der Waals surface area (Å²) in [5.41, 5.74) is 2.05. The normalized spacial score (nSPS) is 10.4. The van der Waals surface area contributed by atoms with Crippen molar-refractivity contribution in [1.29, 1.82) is 0 Å². The third-order valence-electron chi connectivity index (χ3n) is 2.84. The maximum absolute atomic E-state index is 10.5. The molecule has 106 valence electrons. The third kappa shape index (κ3) is 3.83. The lowest BCUT2D eigenvalue weighted by molar-refractivity contribution is -0.402. The van der Waals surface area contributed by atoms with Crippen LogP contribution in [0.1, 0.15) is 17.7 Å². The second-order valence-electron chi connectivity index (χ2n) is 4.38. The Morgan fingerprint density at radius 2 is 2.15 bits per heavy atom. The first-order valence-electron chi connectivity index (χ1n) is 6.36. The van der Waals surface area contributed by atoms with Gasteiger partial charge in [0.2, 0.25) is 0 Å². The molecule has 0 aliphatic heterocycles. The number of nitrogens with one attached hydrogen (secondary N) is 1. The quantitative estimate of drug-likeness (QED) is 0.599. The molecule has 6 heteroatoms. The summed E-state index contributed by atoms with van der Waals surface area (Å²) in [6.45, 7) is 0.561. The van der Waals surface area contributed by atoms with Gasteiger partial charge in [0.05, 0.1) is 12.6 Å². The van der Waals surface area contributed by atoms with Crippen LogP contribution in [0.4, 0.5) is 11.6 Å². The number of nitro groups is 1. The molecule has 0 unspecified atom stereocenters. The van der Waals surface area contributed by atoms with Gasteiger partial charge in [-0.05, 0) is 36.6 Å². The molecular formula is C14H16N2O4. The number of rotatable bonds is 7. The summed E-state index contributed by atoms with van der Waals surface area (Å²) in [5.74, 6) is 0.260. The smallest absolute Gasteiger partial charge is 0.404 e. The number of hydrogen-bond donors (Lipinski definition) is 2. The fourth-order valence-corrected chi connectivity index (χ4v) is 1.87. The molecule has 0 spiro atoms. The average molecular weight is 276 g/mol. The number of hydrogen-bond acceptors (Lipinski definition) is 5. The number of furan rings is 1. The molecular weight excluding hydrogens is 260 g/mol. The molecule has 1 heterocycles. The van der Waals surface area contributed by atoms with Crippen molar-refractivity contribution >= 4 is 11.6 Å². The van der Waals surface area contributed by atoms with Gasteiger partial charge >= 0.3 is 5.88 Å². The van der Waals surface area contributed by atoms with Crippen LogP contribution in [0.15, 0.2) is 40.8 Å². The zero-order valence-electron chi connectivity index (χ0n) is 10.9. The minimum Gasteiger partial charge on any atom is -0.404 e. The van der Waals surface area contributed by atoms with Gasteiger partial charge in [-0.1, -0.05) is 12.1 Å². The molecule has 0 aliphatic rings. The van der Waals surface area contributed by atoms with E-state index in [1.54, 1.807) is 6.07 Å². The van der Waals surface area contributed by atoms with Crippen molar-refractivity contribution in [3.8, 4) is 0 Å². The van der Waals surface area contributed by atoms with Crippen molar-refractivity contribution in [2.45, 2.75) is 19.4 Å². The number of aliphatic hydroxyl groups is 1. The van der Waals surface area contributed by atoms with Crippen molar-refractivity contribution in [1.82, 2.24) is 0 Å². The summed E-state index contributed by atoms with van der Waals surface area (Å²) < 4.78 is 5.07. The highest BCUT2D eigenvalue weighted by atomic mass is 16.6. The number of aryl methyl sites for hydroxylation is 1. The monoisotopic (exact) mass is 276 g/mol. The molecule has 0 fully saturated rings. The average Bonchev–Trinajstić information content (AvgIpc) is 2.92. The Bertz CT molecular complexity index is 580. The first kappa shape index (κ1) is 14.1. The number of aliphatic hydroxyl groups excluding tert-OH is 1. The summed E-state index contributed by atoms with van der Waals surface area (Å²) >= 11 is 0. The van der Waals surface area contributed by atoms with Gasteiger partial charge in [0.15, 0.2) is 0 Å². The standard InChI is InChI=1S/C14H16N2O4/c17-8-2-4-11-3-1-5-12(9-11)15-10-13-6-7-14(20-13)16(18)19/h1,3,5-7,9,15,17H,2,4,8,10H2. The van der Waals surface area contributed by atoms with E-state index in [2.05, 4.69) is 5.32 Å². The highest BCUT2D eigenvalue weighted by Crippen LogP contribution is 2.18. The van der Waals surface area contributed by atoms with Crippen molar-refractivity contribution in [2.24, 2.45) is 0 Å². The van der Waals surface area contributed by atoms with Crippen LogP contribution >= 0.6 is 0 Å². The molecule has 2 aromatic rings. The van der Waals surface area contributed by atoms with Gasteiger partial charge in [-0.2, -0.15) is 0 Å². The highest BCUT2D eigenvalue weighted by molar-refractivity contribution is 5.46. The second kappa shape index (κ2) is 6.72. The molecule has 2 rings (SSSR count). The lowest BCUT2D eigenvalue weighted by atomic mass is 10.1. The number of anilines is 1. The first-order valence-corrected chi connectivity index (χ1v) is 6.36. The van der Waals surface area contributed by atoms with E-state index in [-0.39, 0.29) is 12.5 Å². The van der Waals surface area contributed by atoms with E-state index in [1.807, 2.05) is 24.3 Å². The molecule has 0 saturated carbocycles. The van der Waals surface area contributed by atoms with Crippen LogP contribution in [-0.2, 0) is 13.0 Å². The molecule has 2 N–H and O–H groups in total. The molecule has 0 amide bonds. The van der Waals surface area contributed by atoms with E-state index in [9.17, 15) is 10.1 Å². The van der Waals surface area contributed by atoms with E-state index in [0.29, 0.717) is 12.3 Å². The fraction of sp³-hybridized carbons (Fsp3) is 0.286. The van der Waals surface area contributed by atoms with Gasteiger partial charge in [-0.15, -0.1) is 0 Å². The first-order chi connectivity index (χ1) is 9.69. The molecule has 20 heavy (non-hydrogen) atoms. The Morgan fingerprint density at radius 3 is 2.85 bits per heavy atom. The predicted octanol–water partition coefficient (Wildman–Crippen LogP) is 2.72. The number of nitrogens with zero attached hydrogens (tertiary/aromatic N) is 1. The van der Waals surface area contributed by atoms with Crippen LogP contribution in [0.5, 0.6) is 0 Å². The Morgan fingerprint density at radius 1 is 1.30 bits per heavy atom. The van der Waals surface area contributed by atoms with Crippen LogP contribution in [0.2, 0.25) is 0 Å². The number of benzene rings is 1. The summed E-state index contributed by atoms with van der Waals surface area (Å²) in [6, 6.07) is 10.8. The maximum Gasteiger partial charge on any atom is 0.433 e. The Kier molecular flexibility index (Phi) is 4.73. The largest absolute Gasteiger partial charge is 0.433 e. The minimum absolute atomic E-state index is 0.174. The van der Waals surface area contributed by atoms with Crippen LogP contribution in [0, 0.1) is 10.1 Å². The van der Waals surface area contributed by atoms with Crippen molar-refractivity contribution < 1.29 is 14.4 Å². The maximum atomic E-state index is 10.5. The molecule has 0 radical (unpaired) electrons. The zero-order chi connectivity index (χ0) is 14.4. The lowest BCUT2D eigenvalue weighted by Crippen LogP contribution is -1.99. The second-order valence-corrected chi connectivity index (χ2v) is 4.38. The molecule has 0 bridgehead atoms. The molecule has 1 aromatic carbocycles. The summed E-state index contributed by atoms with van der Waals surface area (Å²) in [4.78, 5) is 9.95. The van der Waals surface area contributed by atoms with E-state index in [4.69, 9.17) is 9.52 Å². The van der Waals surface area contributed by atoms with Crippen LogP contribution in [-0.4, -0.2) is 16.6 Å². The predicted molar refractivity (Wildman–Crippen MR) is 74.5 cm³/mol. The Hall–Kier alpha value is -2.34. The van der Waals surface area contributed by atoms with Gasteiger partial charge in [0, 0.05) is 12.3 Å². The van der Waals surface area contributed by atoms with Gasteiger partial charge in [0.1, 0.15) is 10.7 Å². The molecule has 0 saturated heterocycles. The van der Waals surface area contributed by atoms with Crippen LogP contribution < -0.4 is 5.32 Å². The molecule has 0 atom stereocenters. The highest BCUT2D eigenvalue weighted by Gasteiger charge is 2.11. The van der Waals surface area contributed by atoms with Crippen LogP contribution in [0.3, 0.4) is 0 Å². The van der Waals surface area contributed by atoms with Crippen molar-refractivity contribution in [3.63, 3.8) is 0 Å². The molecule has 0 aliphatic carbocycles. The third-order valence-corrected chi connectivity index (χ3v) is 2.84. The van der Waals surface area contributed by atoms with Gasteiger partial charge < -0.3 is 14.8 Å². The van der Waals surface area contributed by atoms with Crippen molar-refractivity contribution in [3.05, 3.63) is 57.8 Å². The van der Waals surface area contributed by atoms with Crippen LogP contribution in [0.25, 0.3) is 0 Å². The van der Waals surface area contributed by atoms with E-state index in [1.165, 1.54) is 6.07 Å². The van der Waals surface area contributed by atoms with Gasteiger partial charge in [0.25, 0.3) is 0 Å². The minimum atomic E-state index is -0.557. The zero-order valence-corrected chi connectivity index (χ0v) is 10.9. The lowest BCUT2D eigenvalue weighted by Gasteiger charge is -2.06. The molecule has 6 nitrogen and oxygen atoms in total. The summed E-state index contributed by atoms with van der Waals surface area (Å²) in [7, 11) is 0. The van der Waals surface area contributed by atoms with Gasteiger partial charge in [-0.3, -0.25) is 10.1 Å². The molecule has 1 aromatic heterocycles. The van der Waals surface area contributed by atoms with E-state index < -0.39 is 4.92 Å². The SMILES string of the molecule is O=[N+]([O-])c1ccc(CNc2cccc(CCCO)c2)o1. The summed E-state index contributed by atoms with van der Waals surface area (Å²) in [5, 5.41) is 22.5. The topological polar surface area (TPSA) is 88.5 Å². The summed E-state index contributed by atoms with van der Waals surface area (Å²) in [6.07, 6.45) is 1.55. The van der Waals surface area contributed by atoms with Gasteiger partial charge in [-0.25, -0.2) is 0 Å². The Labute approximate surface area is 116 Å². The van der Waals surface area contributed by atoms with Crippen molar-refractivity contribution in [2.75, 3.05) is 11.9 Å². The van der Waals surface area contributed by atoms with E-state index in [0.717, 1.165) is 24.1 Å². The Balaban J connectivity index is 1.94. The fourth-order valence-electron chi connectivity index (χ4n) is 1.87. The van der Waals surface area contributed by atoms with E-state index >= 15 is 0 Å².